The van der Waals surface area contributed by atoms with E-state index in [1.807, 2.05) is 11.0 Å². The van der Waals surface area contributed by atoms with Crippen LogP contribution in [0.2, 0.25) is 0 Å². The summed E-state index contributed by atoms with van der Waals surface area (Å²) in [5, 5.41) is 0. The van der Waals surface area contributed by atoms with Crippen LogP contribution in [0.5, 0.6) is 11.5 Å². The summed E-state index contributed by atoms with van der Waals surface area (Å²) < 4.78 is 10.6. The number of fused-ring (bicyclic) bond motifs is 1. The lowest BCUT2D eigenvalue weighted by molar-refractivity contribution is 0.0488. The predicted molar refractivity (Wildman–Crippen MR) is 93.6 cm³/mol. The average molecular weight is 325 g/mol. The summed E-state index contributed by atoms with van der Waals surface area (Å²) in [5.41, 5.74) is 2.91. The number of amides is 1. The molecule has 0 spiro atoms. The zero-order valence-corrected chi connectivity index (χ0v) is 14.6. The molecule has 0 fully saturated rings. The molecule has 2 aromatic carbocycles. The van der Waals surface area contributed by atoms with Crippen molar-refractivity contribution < 1.29 is 14.3 Å². The normalized spacial score (nSPS) is 15.6. The van der Waals surface area contributed by atoms with Crippen LogP contribution in [0.25, 0.3) is 0 Å². The molecule has 0 aromatic heterocycles. The van der Waals surface area contributed by atoms with Crippen LogP contribution in [0.3, 0.4) is 0 Å². The van der Waals surface area contributed by atoms with Crippen LogP contribution in [0.15, 0.2) is 42.5 Å². The van der Waals surface area contributed by atoms with E-state index in [0.29, 0.717) is 23.6 Å². The molecule has 0 unspecified atom stereocenters. The van der Waals surface area contributed by atoms with Gasteiger partial charge in [-0.05, 0) is 49.6 Å². The van der Waals surface area contributed by atoms with Crippen LogP contribution < -0.4 is 9.47 Å². The van der Waals surface area contributed by atoms with Gasteiger partial charge in [-0.1, -0.05) is 24.3 Å². The van der Waals surface area contributed by atoms with Gasteiger partial charge in [-0.2, -0.15) is 0 Å². The van der Waals surface area contributed by atoms with Gasteiger partial charge in [0.05, 0.1) is 14.2 Å². The Labute approximate surface area is 143 Å². The summed E-state index contributed by atoms with van der Waals surface area (Å²) in [7, 11) is 3.16. The number of hydrogen-bond acceptors (Lipinski definition) is 3. The van der Waals surface area contributed by atoms with E-state index in [2.05, 4.69) is 32.0 Å². The molecule has 0 atom stereocenters. The number of carbonyl (C=O) groups is 1. The lowest BCUT2D eigenvalue weighted by Gasteiger charge is -2.43. The minimum atomic E-state index is -0.238. The van der Waals surface area contributed by atoms with Crippen LogP contribution in [-0.2, 0) is 13.0 Å². The Morgan fingerprint density at radius 3 is 2.33 bits per heavy atom. The topological polar surface area (TPSA) is 38.8 Å². The molecule has 0 bridgehead atoms. The first-order valence-corrected chi connectivity index (χ1v) is 8.07. The summed E-state index contributed by atoms with van der Waals surface area (Å²) in [5.74, 6) is 1.20. The number of methoxy groups -OCH3 is 2. The van der Waals surface area contributed by atoms with Crippen LogP contribution in [0.4, 0.5) is 0 Å². The van der Waals surface area contributed by atoms with Gasteiger partial charge >= 0.3 is 0 Å². The number of ether oxygens (including phenoxy) is 2. The zero-order chi connectivity index (χ0) is 17.3. The molecule has 0 saturated carbocycles. The van der Waals surface area contributed by atoms with Crippen molar-refractivity contribution in [2.45, 2.75) is 32.4 Å². The summed E-state index contributed by atoms with van der Waals surface area (Å²) in [6.45, 7) is 4.85. The maximum absolute atomic E-state index is 13.1. The van der Waals surface area contributed by atoms with Crippen molar-refractivity contribution in [1.29, 1.82) is 0 Å². The van der Waals surface area contributed by atoms with Gasteiger partial charge in [0.1, 0.15) is 0 Å². The summed E-state index contributed by atoms with van der Waals surface area (Å²) in [6, 6.07) is 13.6. The highest BCUT2D eigenvalue weighted by atomic mass is 16.5. The van der Waals surface area contributed by atoms with Crippen molar-refractivity contribution in [2.75, 3.05) is 14.2 Å². The summed E-state index contributed by atoms with van der Waals surface area (Å²) in [4.78, 5) is 15.1. The van der Waals surface area contributed by atoms with E-state index >= 15 is 0 Å². The number of hydrogen-bond donors (Lipinski definition) is 0. The molecule has 1 amide bonds. The van der Waals surface area contributed by atoms with Gasteiger partial charge < -0.3 is 14.4 Å². The Hall–Kier alpha value is -2.49. The molecule has 1 aliphatic heterocycles. The fourth-order valence-electron chi connectivity index (χ4n) is 3.30. The molecule has 4 heteroatoms. The van der Waals surface area contributed by atoms with Gasteiger partial charge in [0.2, 0.25) is 0 Å². The molecular weight excluding hydrogens is 302 g/mol. The Morgan fingerprint density at radius 1 is 1.00 bits per heavy atom. The van der Waals surface area contributed by atoms with E-state index in [4.69, 9.17) is 9.47 Å². The first-order valence-electron chi connectivity index (χ1n) is 8.07. The predicted octanol–water partition coefficient (Wildman–Crippen LogP) is 3.68. The van der Waals surface area contributed by atoms with E-state index in [-0.39, 0.29) is 11.4 Å². The molecule has 126 valence electrons. The Balaban J connectivity index is 1.95. The third-order valence-corrected chi connectivity index (χ3v) is 4.68. The highest BCUT2D eigenvalue weighted by Crippen LogP contribution is 2.34. The smallest absolute Gasteiger partial charge is 0.254 e. The maximum Gasteiger partial charge on any atom is 0.254 e. The molecule has 4 nitrogen and oxygen atoms in total. The fraction of sp³-hybridized carbons (Fsp3) is 0.350. The van der Waals surface area contributed by atoms with Crippen LogP contribution in [-0.4, -0.2) is 30.6 Å². The Morgan fingerprint density at radius 2 is 1.67 bits per heavy atom. The molecular formula is C20H23NO3. The first kappa shape index (κ1) is 16.4. The Kier molecular flexibility index (Phi) is 4.22. The average Bonchev–Trinajstić information content (AvgIpc) is 2.59. The second-order valence-electron chi connectivity index (χ2n) is 6.72. The first-order chi connectivity index (χ1) is 11.5. The lowest BCUT2D eigenvalue weighted by Crippen LogP contribution is -2.51. The molecule has 1 aliphatic rings. The highest BCUT2D eigenvalue weighted by molar-refractivity contribution is 5.95. The summed E-state index contributed by atoms with van der Waals surface area (Å²) >= 11 is 0. The van der Waals surface area contributed by atoms with Gasteiger partial charge in [-0.25, -0.2) is 0 Å². The van der Waals surface area contributed by atoms with E-state index in [1.165, 1.54) is 11.1 Å². The maximum atomic E-state index is 13.1. The van der Waals surface area contributed by atoms with E-state index < -0.39 is 0 Å². The van der Waals surface area contributed by atoms with E-state index in [0.717, 1.165) is 6.42 Å². The largest absolute Gasteiger partial charge is 0.493 e. The van der Waals surface area contributed by atoms with Crippen molar-refractivity contribution in [3.8, 4) is 11.5 Å². The monoisotopic (exact) mass is 325 g/mol. The van der Waals surface area contributed by atoms with Crippen molar-refractivity contribution in [3.63, 3.8) is 0 Å². The molecule has 0 aliphatic carbocycles. The van der Waals surface area contributed by atoms with Gasteiger partial charge in [-0.15, -0.1) is 0 Å². The SMILES string of the molecule is COc1ccc(C(=O)N2Cc3ccccc3CC2(C)C)cc1OC. The van der Waals surface area contributed by atoms with Crippen molar-refractivity contribution >= 4 is 5.91 Å². The van der Waals surface area contributed by atoms with Gasteiger partial charge in [-0.3, -0.25) is 4.79 Å². The van der Waals surface area contributed by atoms with E-state index in [9.17, 15) is 4.79 Å². The quantitative estimate of drug-likeness (QED) is 0.864. The number of carbonyl (C=O) groups excluding carboxylic acids is 1. The van der Waals surface area contributed by atoms with Crippen LogP contribution in [0.1, 0.15) is 35.3 Å². The lowest BCUT2D eigenvalue weighted by atomic mass is 9.85. The van der Waals surface area contributed by atoms with Gasteiger partial charge in [0.25, 0.3) is 5.91 Å². The minimum Gasteiger partial charge on any atom is -0.493 e. The third-order valence-electron chi connectivity index (χ3n) is 4.68. The zero-order valence-electron chi connectivity index (χ0n) is 14.6. The summed E-state index contributed by atoms with van der Waals surface area (Å²) in [6.07, 6.45) is 0.849. The van der Waals surface area contributed by atoms with E-state index in [1.54, 1.807) is 32.4 Å². The Bertz CT molecular complexity index is 767. The highest BCUT2D eigenvalue weighted by Gasteiger charge is 2.36. The fourth-order valence-corrected chi connectivity index (χ4v) is 3.30. The molecule has 1 heterocycles. The van der Waals surface area contributed by atoms with Crippen LogP contribution in [0, 0.1) is 0 Å². The second-order valence-corrected chi connectivity index (χ2v) is 6.72. The molecule has 2 aromatic rings. The minimum absolute atomic E-state index is 0.00968. The van der Waals surface area contributed by atoms with Crippen molar-refractivity contribution in [3.05, 3.63) is 59.2 Å². The van der Waals surface area contributed by atoms with Crippen molar-refractivity contribution in [2.24, 2.45) is 0 Å². The standard InChI is InChI=1S/C20H23NO3/c1-20(2)12-15-7-5-6-8-16(15)13-21(20)19(22)14-9-10-17(23-3)18(11-14)24-4/h5-11H,12-13H2,1-4H3. The number of nitrogens with zero attached hydrogens (tertiary/aromatic N) is 1. The third kappa shape index (κ3) is 2.84. The molecule has 0 N–H and O–H groups in total. The molecule has 0 saturated heterocycles. The van der Waals surface area contributed by atoms with Crippen LogP contribution >= 0.6 is 0 Å². The number of benzene rings is 2. The molecule has 3 rings (SSSR count). The van der Waals surface area contributed by atoms with Gasteiger partial charge in [0.15, 0.2) is 11.5 Å². The molecule has 24 heavy (non-hydrogen) atoms. The molecule has 0 radical (unpaired) electrons. The van der Waals surface area contributed by atoms with Crippen molar-refractivity contribution in [1.82, 2.24) is 4.90 Å². The van der Waals surface area contributed by atoms with Gasteiger partial charge in [0, 0.05) is 17.6 Å². The second kappa shape index (κ2) is 6.19. The number of rotatable bonds is 3.